The minimum Gasteiger partial charge on any atom is -0.480 e. The van der Waals surface area contributed by atoms with Gasteiger partial charge in [-0.1, -0.05) is 38.0 Å². The molecule has 1 amide bonds. The number of carbonyl (C=O) groups excluding carboxylic acids is 1. The maximum atomic E-state index is 12.4. The van der Waals surface area contributed by atoms with Gasteiger partial charge in [-0.25, -0.2) is 4.79 Å². The number of hydrogen-bond donors (Lipinski definition) is 2. The summed E-state index contributed by atoms with van der Waals surface area (Å²) in [6.45, 7) is 5.68. The number of benzene rings is 2. The van der Waals surface area contributed by atoms with Gasteiger partial charge in [0.05, 0.1) is 0 Å². The highest BCUT2D eigenvalue weighted by Gasteiger charge is 2.25. The van der Waals surface area contributed by atoms with Gasteiger partial charge in [0.2, 0.25) is 11.8 Å². The van der Waals surface area contributed by atoms with Gasteiger partial charge >= 0.3 is 5.97 Å². The second kappa shape index (κ2) is 8.68. The van der Waals surface area contributed by atoms with E-state index in [1.807, 2.05) is 38.1 Å². The first-order valence-electron chi connectivity index (χ1n) is 9.43. The van der Waals surface area contributed by atoms with E-state index in [9.17, 15) is 14.7 Å². The summed E-state index contributed by atoms with van der Waals surface area (Å²) in [5, 5.41) is 20.1. The van der Waals surface area contributed by atoms with Crippen LogP contribution in [-0.2, 0) is 4.79 Å². The van der Waals surface area contributed by atoms with E-state index in [1.54, 1.807) is 31.2 Å². The van der Waals surface area contributed by atoms with Gasteiger partial charge in [0.15, 0.2) is 0 Å². The molecule has 7 nitrogen and oxygen atoms in total. The number of nitrogens with zero attached hydrogens (tertiary/aromatic N) is 2. The maximum Gasteiger partial charge on any atom is 0.326 e. The number of carboxylic acid groups (broad SMARTS) is 1. The molecule has 1 heterocycles. The Balaban J connectivity index is 1.74. The lowest BCUT2D eigenvalue weighted by Gasteiger charge is -2.20. The Hall–Kier alpha value is -3.48. The van der Waals surface area contributed by atoms with Gasteiger partial charge in [-0.3, -0.25) is 4.79 Å². The van der Waals surface area contributed by atoms with Crippen molar-refractivity contribution in [3.8, 4) is 22.9 Å². The van der Waals surface area contributed by atoms with E-state index in [-0.39, 0.29) is 5.92 Å². The molecule has 1 aromatic heterocycles. The van der Waals surface area contributed by atoms with Crippen molar-refractivity contribution in [3.63, 3.8) is 0 Å². The maximum absolute atomic E-state index is 12.4. The van der Waals surface area contributed by atoms with Gasteiger partial charge in [0.25, 0.3) is 5.91 Å². The minimum absolute atomic E-state index is 0.172. The Morgan fingerprint density at radius 2 is 1.52 bits per heavy atom. The van der Waals surface area contributed by atoms with Crippen LogP contribution in [0, 0.1) is 12.8 Å². The first kappa shape index (κ1) is 20.3. The molecule has 0 aliphatic heterocycles. The standard InChI is InChI=1S/C22H23N3O4/c1-4-14(3)18(22(27)28)23-19(26)15-9-11-17(12-10-15)21-25-24-20(29-21)16-7-5-13(2)6-8-16/h5-12,14,18H,4H2,1-3H3,(H,23,26)(H,27,28)/t14-,18-/m0/s1. The Bertz CT molecular complexity index is 994. The molecule has 2 N–H and O–H groups in total. The van der Waals surface area contributed by atoms with Crippen LogP contribution in [0.3, 0.4) is 0 Å². The molecule has 150 valence electrons. The Morgan fingerprint density at radius 1 is 1.00 bits per heavy atom. The number of nitrogens with one attached hydrogen (secondary N) is 1. The highest BCUT2D eigenvalue weighted by atomic mass is 16.4. The molecule has 7 heteroatoms. The third-order valence-corrected chi connectivity index (χ3v) is 4.88. The van der Waals surface area contributed by atoms with Crippen molar-refractivity contribution in [2.75, 3.05) is 0 Å². The first-order valence-corrected chi connectivity index (χ1v) is 9.43. The second-order valence-corrected chi connectivity index (χ2v) is 7.03. The summed E-state index contributed by atoms with van der Waals surface area (Å²) in [6.07, 6.45) is 0.649. The van der Waals surface area contributed by atoms with E-state index in [0.717, 1.165) is 11.1 Å². The number of carbonyl (C=O) groups is 2. The number of carboxylic acids is 1. The summed E-state index contributed by atoms with van der Waals surface area (Å²) in [6, 6.07) is 13.4. The molecular formula is C22H23N3O4. The SMILES string of the molecule is CC[C@H](C)[C@H](NC(=O)c1ccc(-c2nnc(-c3ccc(C)cc3)o2)cc1)C(=O)O. The molecule has 0 fully saturated rings. The number of hydrogen-bond acceptors (Lipinski definition) is 5. The fourth-order valence-electron chi connectivity index (χ4n) is 2.82. The summed E-state index contributed by atoms with van der Waals surface area (Å²) in [5.74, 6) is -0.890. The molecule has 2 atom stereocenters. The number of aromatic nitrogens is 2. The normalized spacial score (nSPS) is 12.9. The molecule has 0 saturated heterocycles. The molecule has 0 unspecified atom stereocenters. The molecule has 0 spiro atoms. The summed E-state index contributed by atoms with van der Waals surface area (Å²) in [7, 11) is 0. The molecule has 0 aliphatic rings. The zero-order chi connectivity index (χ0) is 21.0. The van der Waals surface area contributed by atoms with Crippen molar-refractivity contribution in [1.82, 2.24) is 15.5 Å². The highest BCUT2D eigenvalue weighted by Crippen LogP contribution is 2.24. The van der Waals surface area contributed by atoms with E-state index in [2.05, 4.69) is 15.5 Å². The molecule has 0 bridgehead atoms. The topological polar surface area (TPSA) is 105 Å². The van der Waals surface area contributed by atoms with E-state index in [1.165, 1.54) is 0 Å². The molecule has 0 radical (unpaired) electrons. The fourth-order valence-corrected chi connectivity index (χ4v) is 2.82. The smallest absolute Gasteiger partial charge is 0.326 e. The van der Waals surface area contributed by atoms with E-state index in [4.69, 9.17) is 4.42 Å². The van der Waals surface area contributed by atoms with Gasteiger partial charge in [-0.05, 0) is 49.2 Å². The second-order valence-electron chi connectivity index (χ2n) is 7.03. The quantitative estimate of drug-likeness (QED) is 0.630. The molecule has 0 saturated carbocycles. The van der Waals surface area contributed by atoms with Crippen molar-refractivity contribution in [2.24, 2.45) is 5.92 Å². The number of aliphatic carboxylic acids is 1. The van der Waals surface area contributed by atoms with Crippen LogP contribution >= 0.6 is 0 Å². The number of amides is 1. The van der Waals surface area contributed by atoms with Crippen molar-refractivity contribution < 1.29 is 19.1 Å². The van der Waals surface area contributed by atoms with Crippen molar-refractivity contribution in [1.29, 1.82) is 0 Å². The predicted octanol–water partition coefficient (Wildman–Crippen LogP) is 3.94. The average Bonchev–Trinajstić information content (AvgIpc) is 3.22. The van der Waals surface area contributed by atoms with Crippen molar-refractivity contribution in [2.45, 2.75) is 33.2 Å². The van der Waals surface area contributed by atoms with Gasteiger partial charge in [-0.2, -0.15) is 0 Å². The van der Waals surface area contributed by atoms with Crippen LogP contribution in [-0.4, -0.2) is 33.2 Å². The first-order chi connectivity index (χ1) is 13.9. The number of rotatable bonds is 7. The van der Waals surface area contributed by atoms with Crippen LogP contribution in [0.1, 0.15) is 36.2 Å². The summed E-state index contributed by atoms with van der Waals surface area (Å²) >= 11 is 0. The zero-order valence-corrected chi connectivity index (χ0v) is 16.5. The highest BCUT2D eigenvalue weighted by molar-refractivity contribution is 5.97. The van der Waals surface area contributed by atoms with Gasteiger partial charge in [0.1, 0.15) is 6.04 Å². The van der Waals surface area contributed by atoms with Crippen LogP contribution in [0.4, 0.5) is 0 Å². The molecule has 0 aliphatic carbocycles. The Morgan fingerprint density at radius 3 is 2.00 bits per heavy atom. The summed E-state index contributed by atoms with van der Waals surface area (Å²) in [4.78, 5) is 23.8. The largest absolute Gasteiger partial charge is 0.480 e. The van der Waals surface area contributed by atoms with Gasteiger partial charge in [0, 0.05) is 16.7 Å². The number of aryl methyl sites for hydroxylation is 1. The van der Waals surface area contributed by atoms with E-state index in [0.29, 0.717) is 29.3 Å². The lowest BCUT2D eigenvalue weighted by atomic mass is 9.99. The third-order valence-electron chi connectivity index (χ3n) is 4.88. The zero-order valence-electron chi connectivity index (χ0n) is 16.5. The lowest BCUT2D eigenvalue weighted by molar-refractivity contribution is -0.140. The van der Waals surface area contributed by atoms with Crippen LogP contribution in [0.5, 0.6) is 0 Å². The fraction of sp³-hybridized carbons (Fsp3) is 0.273. The Labute approximate surface area is 168 Å². The van der Waals surface area contributed by atoms with Crippen molar-refractivity contribution >= 4 is 11.9 Å². The summed E-state index contributed by atoms with van der Waals surface area (Å²) < 4.78 is 5.74. The minimum atomic E-state index is -1.04. The van der Waals surface area contributed by atoms with Gasteiger partial charge in [-0.15, -0.1) is 10.2 Å². The van der Waals surface area contributed by atoms with E-state index < -0.39 is 17.9 Å². The molecule has 2 aromatic carbocycles. The molecule has 29 heavy (non-hydrogen) atoms. The Kier molecular flexibility index (Phi) is 6.07. The van der Waals surface area contributed by atoms with Crippen LogP contribution < -0.4 is 5.32 Å². The third kappa shape index (κ3) is 4.68. The molecule has 3 rings (SSSR count). The van der Waals surface area contributed by atoms with Crippen LogP contribution in [0.2, 0.25) is 0 Å². The molecular weight excluding hydrogens is 370 g/mol. The van der Waals surface area contributed by atoms with Gasteiger partial charge < -0.3 is 14.8 Å². The lowest BCUT2D eigenvalue weighted by Crippen LogP contribution is -2.45. The van der Waals surface area contributed by atoms with E-state index >= 15 is 0 Å². The van der Waals surface area contributed by atoms with Crippen molar-refractivity contribution in [3.05, 3.63) is 59.7 Å². The predicted molar refractivity (Wildman–Crippen MR) is 108 cm³/mol. The summed E-state index contributed by atoms with van der Waals surface area (Å²) in [5.41, 5.74) is 3.00. The van der Waals surface area contributed by atoms with Crippen LogP contribution in [0.15, 0.2) is 52.9 Å². The monoisotopic (exact) mass is 393 g/mol. The molecule has 3 aromatic rings. The van der Waals surface area contributed by atoms with Crippen LogP contribution in [0.25, 0.3) is 22.9 Å². The average molecular weight is 393 g/mol.